The SMILES string of the molecule is N#CC(C#N)Cc1c2ccccc2cc2ccccc12. The second-order valence-electron chi connectivity index (χ2n) is 4.81. The van der Waals surface area contributed by atoms with E-state index in [1.165, 1.54) is 0 Å². The molecule has 0 atom stereocenters. The van der Waals surface area contributed by atoms with Crippen LogP contribution in [0.3, 0.4) is 0 Å². The predicted molar refractivity (Wildman–Crippen MR) is 79.9 cm³/mol. The summed E-state index contributed by atoms with van der Waals surface area (Å²) in [6.07, 6.45) is 0.467. The number of rotatable bonds is 2. The number of nitriles is 2. The van der Waals surface area contributed by atoms with Crippen LogP contribution in [0.15, 0.2) is 54.6 Å². The first-order chi connectivity index (χ1) is 9.83. The van der Waals surface area contributed by atoms with Crippen LogP contribution in [-0.4, -0.2) is 0 Å². The Labute approximate surface area is 117 Å². The van der Waals surface area contributed by atoms with Crippen LogP contribution in [0.5, 0.6) is 0 Å². The van der Waals surface area contributed by atoms with Gasteiger partial charge in [0, 0.05) is 6.42 Å². The Hall–Kier alpha value is -2.84. The van der Waals surface area contributed by atoms with Crippen molar-refractivity contribution in [1.82, 2.24) is 0 Å². The highest BCUT2D eigenvalue weighted by atomic mass is 14.3. The summed E-state index contributed by atoms with van der Waals surface area (Å²) in [4.78, 5) is 0. The Morgan fingerprint density at radius 3 is 1.80 bits per heavy atom. The summed E-state index contributed by atoms with van der Waals surface area (Å²) in [6, 6.07) is 22.5. The van der Waals surface area contributed by atoms with Gasteiger partial charge in [0.2, 0.25) is 0 Å². The summed E-state index contributed by atoms with van der Waals surface area (Å²) >= 11 is 0. The van der Waals surface area contributed by atoms with Gasteiger partial charge in [0.1, 0.15) is 5.92 Å². The molecule has 0 saturated carbocycles. The van der Waals surface area contributed by atoms with E-state index in [0.29, 0.717) is 6.42 Å². The van der Waals surface area contributed by atoms with E-state index < -0.39 is 5.92 Å². The predicted octanol–water partition coefficient (Wildman–Crippen LogP) is 4.20. The van der Waals surface area contributed by atoms with Gasteiger partial charge in [0.15, 0.2) is 0 Å². The molecule has 0 radical (unpaired) electrons. The molecule has 20 heavy (non-hydrogen) atoms. The van der Waals surface area contributed by atoms with Crippen LogP contribution < -0.4 is 0 Å². The molecule has 0 aliphatic heterocycles. The maximum atomic E-state index is 9.06. The molecule has 0 unspecified atom stereocenters. The first kappa shape index (κ1) is 12.2. The monoisotopic (exact) mass is 256 g/mol. The zero-order chi connectivity index (χ0) is 13.9. The topological polar surface area (TPSA) is 47.6 Å². The lowest BCUT2D eigenvalue weighted by atomic mass is 9.91. The van der Waals surface area contributed by atoms with E-state index >= 15 is 0 Å². The van der Waals surface area contributed by atoms with Crippen molar-refractivity contribution in [2.24, 2.45) is 5.92 Å². The van der Waals surface area contributed by atoms with E-state index in [9.17, 15) is 0 Å². The Morgan fingerprint density at radius 2 is 1.30 bits per heavy atom. The van der Waals surface area contributed by atoms with E-state index in [1.54, 1.807) is 0 Å². The van der Waals surface area contributed by atoms with Crippen molar-refractivity contribution in [2.45, 2.75) is 6.42 Å². The summed E-state index contributed by atoms with van der Waals surface area (Å²) in [5.41, 5.74) is 1.09. The van der Waals surface area contributed by atoms with Crippen LogP contribution in [0.1, 0.15) is 5.56 Å². The third-order valence-corrected chi connectivity index (χ3v) is 3.60. The molecule has 0 amide bonds. The molecule has 0 aliphatic carbocycles. The van der Waals surface area contributed by atoms with Gasteiger partial charge in [-0.2, -0.15) is 10.5 Å². The summed E-state index contributed by atoms with van der Waals surface area (Å²) in [5, 5.41) is 22.7. The molecule has 0 N–H and O–H groups in total. The molecule has 94 valence electrons. The first-order valence-electron chi connectivity index (χ1n) is 6.52. The van der Waals surface area contributed by atoms with E-state index in [2.05, 4.69) is 42.5 Å². The fourth-order valence-electron chi connectivity index (χ4n) is 2.65. The maximum absolute atomic E-state index is 9.06. The number of fused-ring (bicyclic) bond motifs is 2. The lowest BCUT2D eigenvalue weighted by Gasteiger charge is -2.11. The van der Waals surface area contributed by atoms with E-state index in [-0.39, 0.29) is 0 Å². The first-order valence-corrected chi connectivity index (χ1v) is 6.52. The number of hydrogen-bond donors (Lipinski definition) is 0. The average Bonchev–Trinajstić information content (AvgIpc) is 2.51. The van der Waals surface area contributed by atoms with Gasteiger partial charge in [-0.05, 0) is 33.2 Å². The zero-order valence-corrected chi connectivity index (χ0v) is 10.9. The molecule has 0 aromatic heterocycles. The minimum atomic E-state index is -0.607. The zero-order valence-electron chi connectivity index (χ0n) is 10.9. The lowest BCUT2D eigenvalue weighted by molar-refractivity contribution is 0.845. The summed E-state index contributed by atoms with van der Waals surface area (Å²) in [5.74, 6) is -0.607. The van der Waals surface area contributed by atoms with Gasteiger partial charge in [0.25, 0.3) is 0 Å². The fourth-order valence-corrected chi connectivity index (χ4v) is 2.65. The van der Waals surface area contributed by atoms with E-state index in [0.717, 1.165) is 27.1 Å². The van der Waals surface area contributed by atoms with Crippen molar-refractivity contribution in [3.63, 3.8) is 0 Å². The lowest BCUT2D eigenvalue weighted by Crippen LogP contribution is -2.00. The Balaban J connectivity index is 2.34. The standard InChI is InChI=1S/C18H12N2/c19-11-13(12-20)9-18-16-7-3-1-5-14(16)10-15-6-2-4-8-17(15)18/h1-8,10,13H,9H2. The molecular weight excluding hydrogens is 244 g/mol. The molecule has 0 bridgehead atoms. The highest BCUT2D eigenvalue weighted by Gasteiger charge is 2.13. The summed E-state index contributed by atoms with van der Waals surface area (Å²) < 4.78 is 0. The Morgan fingerprint density at radius 1 is 0.800 bits per heavy atom. The molecule has 0 fully saturated rings. The van der Waals surface area contributed by atoms with E-state index in [4.69, 9.17) is 10.5 Å². The second kappa shape index (κ2) is 5.03. The highest BCUT2D eigenvalue weighted by molar-refractivity contribution is 6.02. The van der Waals surface area contributed by atoms with Gasteiger partial charge in [-0.15, -0.1) is 0 Å². The molecule has 3 aromatic rings. The highest BCUT2D eigenvalue weighted by Crippen LogP contribution is 2.30. The maximum Gasteiger partial charge on any atom is 0.137 e. The summed E-state index contributed by atoms with van der Waals surface area (Å²) in [6.45, 7) is 0. The molecule has 2 heteroatoms. The van der Waals surface area contributed by atoms with Crippen molar-refractivity contribution in [2.75, 3.05) is 0 Å². The van der Waals surface area contributed by atoms with Crippen molar-refractivity contribution in [1.29, 1.82) is 10.5 Å². The number of benzene rings is 3. The van der Waals surface area contributed by atoms with Crippen LogP contribution in [0.2, 0.25) is 0 Å². The normalized spacial score (nSPS) is 10.6. The largest absolute Gasteiger partial charge is 0.197 e. The minimum Gasteiger partial charge on any atom is -0.197 e. The average molecular weight is 256 g/mol. The van der Waals surface area contributed by atoms with E-state index in [1.807, 2.05) is 24.3 Å². The molecule has 3 rings (SSSR count). The molecule has 0 heterocycles. The smallest absolute Gasteiger partial charge is 0.137 e. The Bertz CT molecular complexity index is 798. The van der Waals surface area contributed by atoms with Gasteiger partial charge >= 0.3 is 0 Å². The van der Waals surface area contributed by atoms with Crippen LogP contribution in [0.25, 0.3) is 21.5 Å². The van der Waals surface area contributed by atoms with Gasteiger partial charge in [-0.3, -0.25) is 0 Å². The van der Waals surface area contributed by atoms with Crippen LogP contribution in [0, 0.1) is 28.6 Å². The van der Waals surface area contributed by atoms with Crippen molar-refractivity contribution < 1.29 is 0 Å². The van der Waals surface area contributed by atoms with Crippen molar-refractivity contribution in [3.8, 4) is 12.1 Å². The third-order valence-electron chi connectivity index (χ3n) is 3.60. The molecular formula is C18H12N2. The molecule has 0 spiro atoms. The quantitative estimate of drug-likeness (QED) is 0.645. The molecule has 2 nitrogen and oxygen atoms in total. The van der Waals surface area contributed by atoms with Crippen molar-refractivity contribution in [3.05, 3.63) is 60.2 Å². The second-order valence-corrected chi connectivity index (χ2v) is 4.81. The molecule has 0 aliphatic rings. The van der Waals surface area contributed by atoms with Crippen molar-refractivity contribution >= 4 is 21.5 Å². The minimum absolute atomic E-state index is 0.467. The van der Waals surface area contributed by atoms with Crippen LogP contribution >= 0.6 is 0 Å². The summed E-state index contributed by atoms with van der Waals surface area (Å²) in [7, 11) is 0. The number of hydrogen-bond acceptors (Lipinski definition) is 2. The van der Waals surface area contributed by atoms with Gasteiger partial charge in [-0.25, -0.2) is 0 Å². The van der Waals surface area contributed by atoms with Gasteiger partial charge in [0.05, 0.1) is 12.1 Å². The number of nitrogens with zero attached hydrogens (tertiary/aromatic N) is 2. The van der Waals surface area contributed by atoms with Gasteiger partial charge in [-0.1, -0.05) is 48.5 Å². The fraction of sp³-hybridized carbons (Fsp3) is 0.111. The van der Waals surface area contributed by atoms with Gasteiger partial charge < -0.3 is 0 Å². The van der Waals surface area contributed by atoms with Crippen LogP contribution in [0.4, 0.5) is 0 Å². The Kier molecular flexibility index (Phi) is 3.07. The van der Waals surface area contributed by atoms with Crippen LogP contribution in [-0.2, 0) is 6.42 Å². The molecule has 0 saturated heterocycles. The molecule has 3 aromatic carbocycles. The third kappa shape index (κ3) is 1.98.